The maximum absolute atomic E-state index is 13.2. The van der Waals surface area contributed by atoms with Crippen molar-refractivity contribution in [1.29, 1.82) is 0 Å². The quantitative estimate of drug-likeness (QED) is 0.509. The first kappa shape index (κ1) is 25.0. The highest BCUT2D eigenvalue weighted by atomic mass is 35.5. The summed E-state index contributed by atoms with van der Waals surface area (Å²) in [5.41, 5.74) is 1.74. The van der Waals surface area contributed by atoms with Crippen LogP contribution in [0.5, 0.6) is 5.75 Å². The minimum absolute atomic E-state index is 0.176. The van der Waals surface area contributed by atoms with Gasteiger partial charge in [-0.25, -0.2) is 0 Å². The number of hydrogen-bond donors (Lipinski definition) is 1. The van der Waals surface area contributed by atoms with Gasteiger partial charge in [0.2, 0.25) is 5.91 Å². The molecule has 168 valence electrons. The molecule has 2 rings (SSSR count). The molecule has 0 bridgehead atoms. The van der Waals surface area contributed by atoms with E-state index in [1.54, 1.807) is 18.2 Å². The molecule has 0 spiro atoms. The average Bonchev–Trinajstić information content (AvgIpc) is 2.73. The Kier molecular flexibility index (Phi) is 9.66. The van der Waals surface area contributed by atoms with Crippen LogP contribution in [0.4, 0.5) is 0 Å². The molecule has 0 fully saturated rings. The molecule has 1 atom stereocenters. The van der Waals surface area contributed by atoms with E-state index in [2.05, 4.69) is 19.2 Å². The van der Waals surface area contributed by atoms with Crippen LogP contribution in [0.2, 0.25) is 10.0 Å². The van der Waals surface area contributed by atoms with Gasteiger partial charge in [0.25, 0.3) is 5.91 Å². The van der Waals surface area contributed by atoms with Crippen LogP contribution in [0.3, 0.4) is 0 Å². The number of nitrogens with one attached hydrogen (secondary N) is 1. The molecule has 2 amide bonds. The monoisotopic (exact) mass is 464 g/mol. The van der Waals surface area contributed by atoms with Gasteiger partial charge in [0, 0.05) is 23.1 Å². The van der Waals surface area contributed by atoms with Gasteiger partial charge < -0.3 is 15.0 Å². The average molecular weight is 465 g/mol. The topological polar surface area (TPSA) is 58.6 Å². The van der Waals surface area contributed by atoms with Gasteiger partial charge in [-0.2, -0.15) is 0 Å². The molecule has 0 saturated heterocycles. The Morgan fingerprint density at radius 2 is 1.81 bits per heavy atom. The minimum Gasteiger partial charge on any atom is -0.483 e. The van der Waals surface area contributed by atoms with Crippen molar-refractivity contribution in [3.63, 3.8) is 0 Å². The second-order valence-electron chi connectivity index (χ2n) is 7.56. The van der Waals surface area contributed by atoms with Crippen LogP contribution in [-0.2, 0) is 16.1 Å². The summed E-state index contributed by atoms with van der Waals surface area (Å²) in [5, 5.41) is 3.77. The minimum atomic E-state index is -0.636. The second-order valence-corrected chi connectivity index (χ2v) is 8.40. The number of benzene rings is 2. The summed E-state index contributed by atoms with van der Waals surface area (Å²) < 4.78 is 5.89. The third kappa shape index (κ3) is 6.88. The molecular formula is C24H30Cl2N2O3. The third-order valence-electron chi connectivity index (χ3n) is 4.98. The number of amides is 2. The summed E-state index contributed by atoms with van der Waals surface area (Å²) in [5.74, 6) is 0.434. The number of hydrogen-bond acceptors (Lipinski definition) is 3. The molecule has 0 aromatic heterocycles. The van der Waals surface area contributed by atoms with Crippen molar-refractivity contribution in [1.82, 2.24) is 10.2 Å². The molecule has 0 radical (unpaired) electrons. The smallest absolute Gasteiger partial charge is 0.261 e. The standard InChI is InChI=1S/C24H30Cl2N2O3/c1-5-21(24(30)27-6-2)28(14-17-11-12-18(25)13-20(17)26)23(29)15-31-22-10-8-7-9-19(22)16(3)4/h7-13,16,21H,5-6,14-15H2,1-4H3,(H,27,30)/t21-/m1/s1. The van der Waals surface area contributed by atoms with Crippen molar-refractivity contribution < 1.29 is 14.3 Å². The number of carbonyl (C=O) groups is 2. The first-order valence-electron chi connectivity index (χ1n) is 10.5. The molecule has 2 aromatic rings. The molecule has 5 nitrogen and oxygen atoms in total. The molecular weight excluding hydrogens is 435 g/mol. The van der Waals surface area contributed by atoms with E-state index in [1.807, 2.05) is 38.1 Å². The maximum atomic E-state index is 13.2. The van der Waals surface area contributed by atoms with E-state index in [-0.39, 0.29) is 30.9 Å². The fourth-order valence-corrected chi connectivity index (χ4v) is 3.82. The highest BCUT2D eigenvalue weighted by Crippen LogP contribution is 2.27. The molecule has 2 aromatic carbocycles. The summed E-state index contributed by atoms with van der Waals surface area (Å²) in [6.45, 7) is 8.35. The number of carbonyl (C=O) groups excluding carboxylic acids is 2. The van der Waals surface area contributed by atoms with Crippen LogP contribution < -0.4 is 10.1 Å². The maximum Gasteiger partial charge on any atom is 0.261 e. The summed E-state index contributed by atoms with van der Waals surface area (Å²) in [6, 6.07) is 12.1. The van der Waals surface area contributed by atoms with Gasteiger partial charge in [-0.05, 0) is 48.6 Å². The molecule has 1 N–H and O–H groups in total. The van der Waals surface area contributed by atoms with Gasteiger partial charge >= 0.3 is 0 Å². The lowest BCUT2D eigenvalue weighted by Gasteiger charge is -2.31. The predicted molar refractivity (Wildman–Crippen MR) is 126 cm³/mol. The number of likely N-dealkylation sites (N-methyl/N-ethyl adjacent to an activating group) is 1. The first-order chi connectivity index (χ1) is 14.8. The van der Waals surface area contributed by atoms with Crippen molar-refractivity contribution >= 4 is 35.0 Å². The van der Waals surface area contributed by atoms with Crippen molar-refractivity contribution in [2.75, 3.05) is 13.2 Å². The summed E-state index contributed by atoms with van der Waals surface area (Å²) in [6.07, 6.45) is 0.464. The highest BCUT2D eigenvalue weighted by Gasteiger charge is 2.29. The zero-order chi connectivity index (χ0) is 23.0. The lowest BCUT2D eigenvalue weighted by Crippen LogP contribution is -2.50. The van der Waals surface area contributed by atoms with Crippen LogP contribution in [0.15, 0.2) is 42.5 Å². The van der Waals surface area contributed by atoms with E-state index < -0.39 is 6.04 Å². The number of para-hydroxylation sites is 1. The first-order valence-corrected chi connectivity index (χ1v) is 11.3. The Hall–Kier alpha value is -2.24. The van der Waals surface area contributed by atoms with Crippen molar-refractivity contribution in [2.24, 2.45) is 0 Å². The lowest BCUT2D eigenvalue weighted by molar-refractivity contribution is -0.142. The Labute approximate surface area is 194 Å². The summed E-state index contributed by atoms with van der Waals surface area (Å²) in [4.78, 5) is 27.4. The van der Waals surface area contributed by atoms with E-state index in [9.17, 15) is 9.59 Å². The fourth-order valence-electron chi connectivity index (χ4n) is 3.36. The normalized spacial score (nSPS) is 11.8. The van der Waals surface area contributed by atoms with Crippen LogP contribution in [0.1, 0.15) is 51.2 Å². The zero-order valence-corrected chi connectivity index (χ0v) is 20.0. The Morgan fingerprint density at radius 3 is 2.42 bits per heavy atom. The number of rotatable bonds is 10. The van der Waals surface area contributed by atoms with Gasteiger partial charge in [0.1, 0.15) is 11.8 Å². The lowest BCUT2D eigenvalue weighted by atomic mass is 10.0. The molecule has 0 saturated carbocycles. The van der Waals surface area contributed by atoms with Crippen LogP contribution in [-0.4, -0.2) is 35.9 Å². The Bertz CT molecular complexity index is 902. The van der Waals surface area contributed by atoms with Gasteiger partial charge in [-0.1, -0.05) is 68.2 Å². The van der Waals surface area contributed by atoms with Crippen LogP contribution >= 0.6 is 23.2 Å². The zero-order valence-electron chi connectivity index (χ0n) is 18.5. The molecule has 7 heteroatoms. The van der Waals surface area contributed by atoms with Gasteiger partial charge in [-0.15, -0.1) is 0 Å². The van der Waals surface area contributed by atoms with E-state index in [4.69, 9.17) is 27.9 Å². The summed E-state index contributed by atoms with van der Waals surface area (Å²) in [7, 11) is 0. The van der Waals surface area contributed by atoms with Gasteiger partial charge in [0.05, 0.1) is 0 Å². The van der Waals surface area contributed by atoms with Crippen molar-refractivity contribution in [2.45, 2.75) is 52.6 Å². The number of halogens is 2. The van der Waals surface area contributed by atoms with Gasteiger partial charge in [0.15, 0.2) is 6.61 Å². The van der Waals surface area contributed by atoms with Crippen LogP contribution in [0.25, 0.3) is 0 Å². The molecule has 0 unspecified atom stereocenters. The third-order valence-corrected chi connectivity index (χ3v) is 5.57. The van der Waals surface area contributed by atoms with E-state index in [1.165, 1.54) is 4.90 Å². The molecule has 0 aliphatic carbocycles. The molecule has 31 heavy (non-hydrogen) atoms. The highest BCUT2D eigenvalue weighted by molar-refractivity contribution is 6.35. The number of ether oxygens (including phenoxy) is 1. The van der Waals surface area contributed by atoms with E-state index in [0.717, 1.165) is 5.56 Å². The SMILES string of the molecule is CCNC(=O)[C@@H](CC)N(Cc1ccc(Cl)cc1Cl)C(=O)COc1ccccc1C(C)C. The molecule has 0 heterocycles. The number of nitrogens with zero attached hydrogens (tertiary/aromatic N) is 1. The Morgan fingerprint density at radius 1 is 1.10 bits per heavy atom. The largest absolute Gasteiger partial charge is 0.483 e. The molecule has 0 aliphatic rings. The predicted octanol–water partition coefficient (Wildman–Crippen LogP) is 5.44. The van der Waals surface area contributed by atoms with Gasteiger partial charge in [-0.3, -0.25) is 9.59 Å². The summed E-state index contributed by atoms with van der Waals surface area (Å²) >= 11 is 12.3. The fraction of sp³-hybridized carbons (Fsp3) is 0.417. The van der Waals surface area contributed by atoms with E-state index in [0.29, 0.717) is 34.3 Å². The van der Waals surface area contributed by atoms with Crippen molar-refractivity contribution in [3.05, 3.63) is 63.6 Å². The second kappa shape index (κ2) is 12.0. The van der Waals surface area contributed by atoms with Crippen LogP contribution in [0, 0.1) is 0 Å². The Balaban J connectivity index is 2.28. The van der Waals surface area contributed by atoms with Crippen molar-refractivity contribution in [3.8, 4) is 5.75 Å². The van der Waals surface area contributed by atoms with E-state index >= 15 is 0 Å². The molecule has 0 aliphatic heterocycles.